The summed E-state index contributed by atoms with van der Waals surface area (Å²) in [5.41, 5.74) is 1.57. The summed E-state index contributed by atoms with van der Waals surface area (Å²) in [6, 6.07) is 11.0. The van der Waals surface area contributed by atoms with Gasteiger partial charge < -0.3 is 5.32 Å². The molecule has 0 atom stereocenters. The molecule has 6 nitrogen and oxygen atoms in total. The SMILES string of the molecule is O=C(CCn1ncc(=O)c2ccccc21)NCc1cccnc1. The molecule has 1 amide bonds. The first-order valence-electron chi connectivity index (χ1n) is 7.34. The Morgan fingerprint density at radius 3 is 2.83 bits per heavy atom. The second-order valence-electron chi connectivity index (χ2n) is 5.14. The first kappa shape index (κ1) is 14.9. The zero-order valence-corrected chi connectivity index (χ0v) is 12.5. The highest BCUT2D eigenvalue weighted by Gasteiger charge is 2.06. The number of nitrogens with one attached hydrogen (secondary N) is 1. The van der Waals surface area contributed by atoms with E-state index in [1.165, 1.54) is 6.20 Å². The third kappa shape index (κ3) is 3.60. The van der Waals surface area contributed by atoms with E-state index in [0.717, 1.165) is 11.1 Å². The maximum absolute atomic E-state index is 12.0. The molecule has 23 heavy (non-hydrogen) atoms. The molecule has 0 bridgehead atoms. The van der Waals surface area contributed by atoms with E-state index in [9.17, 15) is 9.59 Å². The van der Waals surface area contributed by atoms with Crippen LogP contribution in [-0.2, 0) is 17.9 Å². The van der Waals surface area contributed by atoms with Crippen molar-refractivity contribution in [3.63, 3.8) is 0 Å². The van der Waals surface area contributed by atoms with Gasteiger partial charge >= 0.3 is 0 Å². The second-order valence-corrected chi connectivity index (χ2v) is 5.14. The average molecular weight is 308 g/mol. The highest BCUT2D eigenvalue weighted by atomic mass is 16.1. The molecule has 0 aliphatic heterocycles. The van der Waals surface area contributed by atoms with Crippen molar-refractivity contribution in [1.82, 2.24) is 20.1 Å². The second kappa shape index (κ2) is 6.83. The van der Waals surface area contributed by atoms with Crippen LogP contribution in [-0.4, -0.2) is 20.7 Å². The van der Waals surface area contributed by atoms with Crippen molar-refractivity contribution in [3.05, 3.63) is 70.8 Å². The van der Waals surface area contributed by atoms with Gasteiger partial charge in [-0.25, -0.2) is 0 Å². The molecule has 2 heterocycles. The highest BCUT2D eigenvalue weighted by molar-refractivity contribution is 5.79. The number of nitrogens with zero attached hydrogens (tertiary/aromatic N) is 3. The summed E-state index contributed by atoms with van der Waals surface area (Å²) in [7, 11) is 0. The first-order valence-corrected chi connectivity index (χ1v) is 7.34. The van der Waals surface area contributed by atoms with Crippen molar-refractivity contribution in [2.45, 2.75) is 19.5 Å². The third-order valence-corrected chi connectivity index (χ3v) is 3.53. The van der Waals surface area contributed by atoms with Gasteiger partial charge in [-0.15, -0.1) is 0 Å². The van der Waals surface area contributed by atoms with E-state index in [1.807, 2.05) is 30.3 Å². The molecule has 0 fully saturated rings. The van der Waals surface area contributed by atoms with Crippen LogP contribution in [0.25, 0.3) is 10.9 Å². The molecule has 0 aliphatic rings. The summed E-state index contributed by atoms with van der Waals surface area (Å²) >= 11 is 0. The Hall–Kier alpha value is -3.02. The van der Waals surface area contributed by atoms with Crippen LogP contribution in [0.1, 0.15) is 12.0 Å². The van der Waals surface area contributed by atoms with Crippen molar-refractivity contribution in [3.8, 4) is 0 Å². The summed E-state index contributed by atoms with van der Waals surface area (Å²) in [6.07, 6.45) is 4.99. The van der Waals surface area contributed by atoms with E-state index < -0.39 is 0 Å². The predicted molar refractivity (Wildman–Crippen MR) is 86.7 cm³/mol. The molecule has 1 N–H and O–H groups in total. The number of hydrogen-bond donors (Lipinski definition) is 1. The number of hydrogen-bond acceptors (Lipinski definition) is 4. The number of carbonyl (C=O) groups is 1. The summed E-state index contributed by atoms with van der Waals surface area (Å²) in [5.74, 6) is -0.0709. The van der Waals surface area contributed by atoms with Crippen LogP contribution in [0.3, 0.4) is 0 Å². The van der Waals surface area contributed by atoms with Gasteiger partial charge in [-0.2, -0.15) is 5.10 Å². The minimum absolute atomic E-state index is 0.0709. The summed E-state index contributed by atoms with van der Waals surface area (Å²) < 4.78 is 1.68. The van der Waals surface area contributed by atoms with Crippen LogP contribution in [0, 0.1) is 0 Å². The zero-order valence-electron chi connectivity index (χ0n) is 12.5. The van der Waals surface area contributed by atoms with Gasteiger partial charge in [0.25, 0.3) is 0 Å². The number of carbonyl (C=O) groups excluding carboxylic acids is 1. The number of para-hydroxylation sites is 1. The highest BCUT2D eigenvalue weighted by Crippen LogP contribution is 2.08. The fourth-order valence-electron chi connectivity index (χ4n) is 2.34. The standard InChI is InChI=1S/C17H16N4O2/c22-16-12-20-21(15-6-2-1-5-14(15)16)9-7-17(23)19-11-13-4-3-8-18-10-13/h1-6,8,10,12H,7,9,11H2,(H,19,23). The Balaban J connectivity index is 1.63. The summed E-state index contributed by atoms with van der Waals surface area (Å²) in [6.45, 7) is 0.866. The van der Waals surface area contributed by atoms with Gasteiger partial charge in [-0.3, -0.25) is 19.3 Å². The van der Waals surface area contributed by atoms with Crippen LogP contribution in [0.5, 0.6) is 0 Å². The monoisotopic (exact) mass is 308 g/mol. The van der Waals surface area contributed by atoms with E-state index in [0.29, 0.717) is 24.9 Å². The number of rotatable bonds is 5. The fraction of sp³-hybridized carbons (Fsp3) is 0.176. The lowest BCUT2D eigenvalue weighted by Crippen LogP contribution is -2.24. The van der Waals surface area contributed by atoms with Crippen LogP contribution in [0.15, 0.2) is 59.8 Å². The van der Waals surface area contributed by atoms with Crippen molar-refractivity contribution >= 4 is 16.8 Å². The molecule has 3 aromatic rings. The van der Waals surface area contributed by atoms with Gasteiger partial charge in [0.1, 0.15) is 0 Å². The van der Waals surface area contributed by atoms with Gasteiger partial charge in [-0.05, 0) is 23.8 Å². The molecular weight excluding hydrogens is 292 g/mol. The van der Waals surface area contributed by atoms with E-state index in [2.05, 4.69) is 15.4 Å². The third-order valence-electron chi connectivity index (χ3n) is 3.53. The molecule has 0 saturated heterocycles. The van der Waals surface area contributed by atoms with Crippen molar-refractivity contribution < 1.29 is 4.79 Å². The minimum atomic E-state index is -0.113. The Morgan fingerprint density at radius 2 is 2.00 bits per heavy atom. The van der Waals surface area contributed by atoms with Crippen molar-refractivity contribution in [2.75, 3.05) is 0 Å². The lowest BCUT2D eigenvalue weighted by molar-refractivity contribution is -0.121. The maximum atomic E-state index is 12.0. The lowest BCUT2D eigenvalue weighted by atomic mass is 10.2. The Bertz CT molecular complexity index is 874. The van der Waals surface area contributed by atoms with Crippen LogP contribution >= 0.6 is 0 Å². The molecule has 0 saturated carbocycles. The molecule has 3 rings (SSSR count). The topological polar surface area (TPSA) is 76.9 Å². The molecule has 0 aliphatic carbocycles. The van der Waals surface area contributed by atoms with Crippen LogP contribution < -0.4 is 10.7 Å². The molecule has 1 aromatic carbocycles. The fourth-order valence-corrected chi connectivity index (χ4v) is 2.34. The Labute approximate surface area is 132 Å². The number of amides is 1. The van der Waals surface area contributed by atoms with Gasteiger partial charge in [0.15, 0.2) is 0 Å². The van der Waals surface area contributed by atoms with Gasteiger partial charge in [0, 0.05) is 30.7 Å². The van der Waals surface area contributed by atoms with E-state index in [4.69, 9.17) is 0 Å². The molecule has 0 radical (unpaired) electrons. The number of fused-ring (bicyclic) bond motifs is 1. The molecule has 0 spiro atoms. The van der Waals surface area contributed by atoms with Gasteiger partial charge in [0.2, 0.25) is 11.3 Å². The van der Waals surface area contributed by atoms with Crippen molar-refractivity contribution in [2.24, 2.45) is 0 Å². The predicted octanol–water partition coefficient (Wildman–Crippen LogP) is 1.50. The number of aromatic nitrogens is 3. The average Bonchev–Trinajstić information content (AvgIpc) is 2.60. The minimum Gasteiger partial charge on any atom is -0.352 e. The van der Waals surface area contributed by atoms with Crippen molar-refractivity contribution in [1.29, 1.82) is 0 Å². The number of benzene rings is 1. The molecular formula is C17H16N4O2. The van der Waals surface area contributed by atoms with E-state index in [1.54, 1.807) is 23.1 Å². The maximum Gasteiger partial charge on any atom is 0.222 e. The quantitative estimate of drug-likeness (QED) is 0.775. The smallest absolute Gasteiger partial charge is 0.222 e. The largest absolute Gasteiger partial charge is 0.352 e. The molecule has 6 heteroatoms. The van der Waals surface area contributed by atoms with Crippen LogP contribution in [0.4, 0.5) is 0 Å². The number of pyridine rings is 1. The molecule has 2 aromatic heterocycles. The van der Waals surface area contributed by atoms with E-state index in [-0.39, 0.29) is 11.3 Å². The Morgan fingerprint density at radius 1 is 1.13 bits per heavy atom. The normalized spacial score (nSPS) is 10.6. The van der Waals surface area contributed by atoms with Gasteiger partial charge in [-0.1, -0.05) is 18.2 Å². The van der Waals surface area contributed by atoms with Gasteiger partial charge in [0.05, 0.1) is 18.3 Å². The van der Waals surface area contributed by atoms with E-state index >= 15 is 0 Å². The zero-order chi connectivity index (χ0) is 16.1. The summed E-state index contributed by atoms with van der Waals surface area (Å²) in [5, 5.41) is 7.57. The molecule has 116 valence electrons. The van der Waals surface area contributed by atoms with Crippen LogP contribution in [0.2, 0.25) is 0 Å². The summed E-state index contributed by atoms with van der Waals surface area (Å²) in [4.78, 5) is 27.7. The number of aryl methyl sites for hydroxylation is 1. The molecule has 0 unspecified atom stereocenters. The Kier molecular flexibility index (Phi) is 4.42. The first-order chi connectivity index (χ1) is 11.2. The lowest BCUT2D eigenvalue weighted by Gasteiger charge is -2.09.